The summed E-state index contributed by atoms with van der Waals surface area (Å²) < 4.78 is 10.4. The molecule has 4 aliphatic rings. The molecular formula is C36H26N2O9. The van der Waals surface area contributed by atoms with Gasteiger partial charge in [0.2, 0.25) is 11.8 Å². The van der Waals surface area contributed by atoms with Crippen LogP contribution >= 0.6 is 0 Å². The first-order valence-electron chi connectivity index (χ1n) is 15.0. The van der Waals surface area contributed by atoms with Crippen molar-refractivity contribution in [2.24, 2.45) is 11.8 Å². The maximum absolute atomic E-state index is 13.7. The fraction of sp³-hybridized carbons (Fsp3) is 0.194. The summed E-state index contributed by atoms with van der Waals surface area (Å²) in [6, 6.07) is 26.4. The highest BCUT2D eigenvalue weighted by atomic mass is 16.6. The van der Waals surface area contributed by atoms with Gasteiger partial charge >= 0.3 is 11.9 Å². The number of nitrogens with zero attached hydrogens (tertiary/aromatic N) is 2. The number of nitro benzene ring substituents is 1. The zero-order valence-corrected chi connectivity index (χ0v) is 24.7. The van der Waals surface area contributed by atoms with Gasteiger partial charge in [0.25, 0.3) is 5.69 Å². The van der Waals surface area contributed by atoms with Crippen LogP contribution in [0, 0.1) is 22.0 Å². The summed E-state index contributed by atoms with van der Waals surface area (Å²) >= 11 is 0. The zero-order chi connectivity index (χ0) is 32.8. The molecule has 2 bridgehead atoms. The van der Waals surface area contributed by atoms with Crippen LogP contribution in [0.25, 0.3) is 0 Å². The molecule has 4 aromatic rings. The molecule has 0 aromatic heterocycles. The first-order valence-corrected chi connectivity index (χ1v) is 15.0. The molecule has 0 N–H and O–H groups in total. The van der Waals surface area contributed by atoms with Crippen LogP contribution in [0.5, 0.6) is 5.75 Å². The van der Waals surface area contributed by atoms with Gasteiger partial charge in [-0.1, -0.05) is 48.5 Å². The molecule has 2 unspecified atom stereocenters. The summed E-state index contributed by atoms with van der Waals surface area (Å²) in [4.78, 5) is 76.4. The second-order valence-corrected chi connectivity index (χ2v) is 11.6. The fourth-order valence-electron chi connectivity index (χ4n) is 7.06. The number of ketones is 1. The number of carbonyl (C=O) groups is 5. The predicted octanol–water partition coefficient (Wildman–Crippen LogP) is 4.82. The number of hydrogen-bond acceptors (Lipinski definition) is 9. The molecule has 234 valence electrons. The second kappa shape index (κ2) is 11.8. The van der Waals surface area contributed by atoms with Crippen LogP contribution in [0.4, 0.5) is 5.69 Å². The van der Waals surface area contributed by atoms with Gasteiger partial charge in [-0.15, -0.1) is 0 Å². The minimum absolute atomic E-state index is 0.112. The van der Waals surface area contributed by atoms with Gasteiger partial charge < -0.3 is 9.47 Å². The smallest absolute Gasteiger partial charge is 0.343 e. The standard InChI is InChI=1S/C36H26N2O9/c39-28(20-11-15-23(16-12-20)47-36(43)21-9-13-22(14-10-21)38(44)45)19-46-29(40)17-18-37-34(41)32-30-24-5-1-2-6-25(24)31(33(32)35(37)42)27-8-4-3-7-26(27)30/h1-16,30-33H,17-19H2. The normalized spacial score (nSPS) is 20.2. The van der Waals surface area contributed by atoms with Crippen molar-refractivity contribution in [1.82, 2.24) is 4.90 Å². The lowest BCUT2D eigenvalue weighted by Gasteiger charge is -2.45. The van der Waals surface area contributed by atoms with E-state index in [1.54, 1.807) is 0 Å². The van der Waals surface area contributed by atoms with E-state index < -0.39 is 41.1 Å². The highest BCUT2D eigenvalue weighted by Gasteiger charge is 2.61. The van der Waals surface area contributed by atoms with E-state index in [0.717, 1.165) is 22.3 Å². The van der Waals surface area contributed by atoms with Crippen LogP contribution < -0.4 is 4.74 Å². The lowest BCUT2D eigenvalue weighted by Crippen LogP contribution is -2.41. The summed E-state index contributed by atoms with van der Waals surface area (Å²) in [6.45, 7) is -0.693. The molecule has 1 aliphatic heterocycles. The SMILES string of the molecule is O=C(CCN1C(=O)C2C3c4ccccc4C(c4ccccc43)C2C1=O)OCC(=O)c1ccc(OC(=O)c2ccc([N+](=O)[O-])cc2)cc1. The van der Waals surface area contributed by atoms with Gasteiger partial charge in [0, 0.05) is 36.1 Å². The molecule has 1 heterocycles. The topological polar surface area (TPSA) is 150 Å². The van der Waals surface area contributed by atoms with E-state index in [4.69, 9.17) is 9.47 Å². The Kier molecular flexibility index (Phi) is 7.43. The van der Waals surface area contributed by atoms with Crippen molar-refractivity contribution >= 4 is 35.2 Å². The van der Waals surface area contributed by atoms with E-state index in [2.05, 4.69) is 0 Å². The number of non-ortho nitro benzene ring substituents is 1. The highest BCUT2D eigenvalue weighted by molar-refractivity contribution is 6.08. The molecule has 3 aliphatic carbocycles. The van der Waals surface area contributed by atoms with Crippen LogP contribution in [0.1, 0.15) is 61.2 Å². The van der Waals surface area contributed by atoms with Crippen LogP contribution in [0.15, 0.2) is 97.1 Å². The Morgan fingerprint density at radius 3 is 1.68 bits per heavy atom. The first kappa shape index (κ1) is 29.7. The molecule has 2 atom stereocenters. The molecule has 8 rings (SSSR count). The number of esters is 2. The van der Waals surface area contributed by atoms with Gasteiger partial charge in [0.05, 0.1) is 28.7 Å². The molecule has 1 fully saturated rings. The average molecular weight is 631 g/mol. The largest absolute Gasteiger partial charge is 0.457 e. The molecule has 0 saturated carbocycles. The summed E-state index contributed by atoms with van der Waals surface area (Å²) in [6.07, 6.45) is -0.253. The maximum atomic E-state index is 13.7. The maximum Gasteiger partial charge on any atom is 0.343 e. The minimum atomic E-state index is -0.733. The van der Waals surface area contributed by atoms with Gasteiger partial charge in [-0.05, 0) is 58.7 Å². The molecule has 47 heavy (non-hydrogen) atoms. The molecule has 1 saturated heterocycles. The Morgan fingerprint density at radius 1 is 0.702 bits per heavy atom. The molecule has 0 radical (unpaired) electrons. The number of Topliss-reactive ketones (excluding diaryl/α,β-unsaturated/α-hetero) is 1. The van der Waals surface area contributed by atoms with Crippen molar-refractivity contribution in [1.29, 1.82) is 0 Å². The third kappa shape index (κ3) is 5.15. The van der Waals surface area contributed by atoms with E-state index >= 15 is 0 Å². The molecule has 4 aromatic carbocycles. The third-order valence-corrected chi connectivity index (χ3v) is 9.14. The number of amides is 2. The quantitative estimate of drug-likeness (QED) is 0.0633. The van der Waals surface area contributed by atoms with Crippen molar-refractivity contribution in [2.75, 3.05) is 13.2 Å². The number of nitro groups is 1. The minimum Gasteiger partial charge on any atom is -0.457 e. The number of carbonyl (C=O) groups excluding carboxylic acids is 5. The summed E-state index contributed by atoms with van der Waals surface area (Å²) in [5.74, 6) is -3.95. The first-order chi connectivity index (χ1) is 22.7. The van der Waals surface area contributed by atoms with Gasteiger partial charge in [-0.25, -0.2) is 4.79 Å². The Bertz CT molecular complexity index is 1850. The van der Waals surface area contributed by atoms with E-state index in [1.807, 2.05) is 48.5 Å². The monoisotopic (exact) mass is 630 g/mol. The van der Waals surface area contributed by atoms with Crippen molar-refractivity contribution in [2.45, 2.75) is 18.3 Å². The van der Waals surface area contributed by atoms with Crippen molar-refractivity contribution in [3.05, 3.63) is 141 Å². The second-order valence-electron chi connectivity index (χ2n) is 11.6. The molecule has 0 spiro atoms. The molecule has 11 heteroatoms. The highest BCUT2D eigenvalue weighted by Crippen LogP contribution is 2.60. The Labute approximate surface area is 267 Å². The van der Waals surface area contributed by atoms with E-state index in [0.29, 0.717) is 0 Å². The van der Waals surface area contributed by atoms with E-state index in [9.17, 15) is 34.1 Å². The van der Waals surface area contributed by atoms with Gasteiger partial charge in [0.15, 0.2) is 12.4 Å². The van der Waals surface area contributed by atoms with Crippen LogP contribution in [-0.4, -0.2) is 52.5 Å². The van der Waals surface area contributed by atoms with Gasteiger partial charge in [0.1, 0.15) is 5.75 Å². The van der Waals surface area contributed by atoms with Gasteiger partial charge in [-0.2, -0.15) is 0 Å². The summed E-state index contributed by atoms with van der Waals surface area (Å²) in [7, 11) is 0. The Balaban J connectivity index is 0.940. The summed E-state index contributed by atoms with van der Waals surface area (Å²) in [5, 5.41) is 10.8. The van der Waals surface area contributed by atoms with E-state index in [-0.39, 0.29) is 59.2 Å². The Hall–Kier alpha value is -5.97. The van der Waals surface area contributed by atoms with Crippen molar-refractivity contribution in [3.63, 3.8) is 0 Å². The lowest BCUT2D eigenvalue weighted by molar-refractivity contribution is -0.384. The number of hydrogen-bond donors (Lipinski definition) is 0. The fourth-order valence-corrected chi connectivity index (χ4v) is 7.06. The number of ether oxygens (including phenoxy) is 2. The third-order valence-electron chi connectivity index (χ3n) is 9.14. The molecule has 2 amide bonds. The van der Waals surface area contributed by atoms with Crippen LogP contribution in [0.2, 0.25) is 0 Å². The number of rotatable bonds is 9. The number of benzene rings is 4. The van der Waals surface area contributed by atoms with Crippen LogP contribution in [0.3, 0.4) is 0 Å². The van der Waals surface area contributed by atoms with E-state index in [1.165, 1.54) is 53.4 Å². The van der Waals surface area contributed by atoms with Crippen LogP contribution in [-0.2, 0) is 19.1 Å². The Morgan fingerprint density at radius 2 is 1.19 bits per heavy atom. The summed E-state index contributed by atoms with van der Waals surface area (Å²) in [5.41, 5.74) is 4.41. The van der Waals surface area contributed by atoms with Gasteiger partial charge in [-0.3, -0.25) is 34.2 Å². The number of imide groups is 1. The lowest BCUT2D eigenvalue weighted by atomic mass is 9.55. The average Bonchev–Trinajstić information content (AvgIpc) is 3.35. The molecule has 11 nitrogen and oxygen atoms in total. The van der Waals surface area contributed by atoms with Crippen molar-refractivity contribution < 1.29 is 38.4 Å². The predicted molar refractivity (Wildman–Crippen MR) is 165 cm³/mol. The van der Waals surface area contributed by atoms with Crippen molar-refractivity contribution in [3.8, 4) is 5.75 Å². The number of likely N-dealkylation sites (tertiary alicyclic amines) is 1. The molecular weight excluding hydrogens is 604 g/mol. The zero-order valence-electron chi connectivity index (χ0n) is 24.7.